The number of thiocarbonyl (C=S) groups is 1. The maximum absolute atomic E-state index is 11.5. The van der Waals surface area contributed by atoms with E-state index in [1.165, 1.54) is 5.56 Å². The van der Waals surface area contributed by atoms with Crippen molar-refractivity contribution in [2.45, 2.75) is 25.8 Å². The van der Waals surface area contributed by atoms with Gasteiger partial charge in [-0.2, -0.15) is 0 Å². The minimum absolute atomic E-state index is 0.0812. The summed E-state index contributed by atoms with van der Waals surface area (Å²) in [6, 6.07) is 7.71. The van der Waals surface area contributed by atoms with Crippen molar-refractivity contribution in [3.05, 3.63) is 35.4 Å². The van der Waals surface area contributed by atoms with E-state index in [2.05, 4.69) is 36.6 Å². The molecule has 84 valence electrons. The molecule has 4 heteroatoms. The Kier molecular flexibility index (Phi) is 2.92. The SMILES string of the molecule is CC(C)c1ccc(C2NC(=S)NC2=O)cc1. The molecule has 0 aromatic heterocycles. The topological polar surface area (TPSA) is 41.1 Å². The summed E-state index contributed by atoms with van der Waals surface area (Å²) in [4.78, 5) is 11.5. The van der Waals surface area contributed by atoms with E-state index in [1.54, 1.807) is 0 Å². The highest BCUT2D eigenvalue weighted by Gasteiger charge is 2.28. The van der Waals surface area contributed by atoms with Crippen LogP contribution in [0.2, 0.25) is 0 Å². The van der Waals surface area contributed by atoms with Crippen molar-refractivity contribution in [3.8, 4) is 0 Å². The Morgan fingerprint density at radius 2 is 1.88 bits per heavy atom. The lowest BCUT2D eigenvalue weighted by Gasteiger charge is -2.10. The van der Waals surface area contributed by atoms with Gasteiger partial charge in [0.15, 0.2) is 5.11 Å². The van der Waals surface area contributed by atoms with Crippen LogP contribution in [0.5, 0.6) is 0 Å². The second-order valence-corrected chi connectivity index (χ2v) is 4.63. The largest absolute Gasteiger partial charge is 0.347 e. The second kappa shape index (κ2) is 4.22. The van der Waals surface area contributed by atoms with Gasteiger partial charge in [0, 0.05) is 0 Å². The van der Waals surface area contributed by atoms with Gasteiger partial charge >= 0.3 is 0 Å². The third-order valence-electron chi connectivity index (χ3n) is 2.71. The summed E-state index contributed by atoms with van der Waals surface area (Å²) < 4.78 is 0. The summed E-state index contributed by atoms with van der Waals surface area (Å²) in [6.45, 7) is 4.29. The van der Waals surface area contributed by atoms with E-state index in [4.69, 9.17) is 12.2 Å². The molecule has 0 saturated carbocycles. The van der Waals surface area contributed by atoms with Gasteiger partial charge in [-0.1, -0.05) is 38.1 Å². The second-order valence-electron chi connectivity index (χ2n) is 4.22. The standard InChI is InChI=1S/C12H14N2OS/c1-7(2)8-3-5-9(6-4-8)10-11(15)14-12(16)13-10/h3-7,10H,1-2H3,(H2,13,14,15,16). The third-order valence-corrected chi connectivity index (χ3v) is 2.93. The molecule has 1 aliphatic rings. The quantitative estimate of drug-likeness (QED) is 0.767. The first-order valence-corrected chi connectivity index (χ1v) is 5.70. The maximum Gasteiger partial charge on any atom is 0.253 e. The fraction of sp³-hybridized carbons (Fsp3) is 0.333. The normalized spacial score (nSPS) is 19.8. The van der Waals surface area contributed by atoms with Crippen LogP contribution < -0.4 is 10.6 Å². The van der Waals surface area contributed by atoms with Crippen molar-refractivity contribution in [3.63, 3.8) is 0 Å². The van der Waals surface area contributed by atoms with Gasteiger partial charge in [0.2, 0.25) is 0 Å². The van der Waals surface area contributed by atoms with Gasteiger partial charge in [0.25, 0.3) is 5.91 Å². The molecule has 1 amide bonds. The van der Waals surface area contributed by atoms with Crippen molar-refractivity contribution in [1.29, 1.82) is 0 Å². The average molecular weight is 234 g/mol. The van der Waals surface area contributed by atoms with Crippen LogP contribution in [0.1, 0.15) is 36.9 Å². The Labute approximate surface area is 100 Å². The zero-order valence-electron chi connectivity index (χ0n) is 9.28. The summed E-state index contributed by atoms with van der Waals surface area (Å²) in [7, 11) is 0. The Hall–Kier alpha value is -1.42. The Morgan fingerprint density at radius 1 is 1.25 bits per heavy atom. The monoisotopic (exact) mass is 234 g/mol. The lowest BCUT2D eigenvalue weighted by atomic mass is 9.99. The maximum atomic E-state index is 11.5. The highest BCUT2D eigenvalue weighted by molar-refractivity contribution is 7.80. The molecular formula is C12H14N2OS. The van der Waals surface area contributed by atoms with E-state index in [-0.39, 0.29) is 11.9 Å². The van der Waals surface area contributed by atoms with E-state index in [9.17, 15) is 4.79 Å². The smallest absolute Gasteiger partial charge is 0.253 e. The number of nitrogens with one attached hydrogen (secondary N) is 2. The molecular weight excluding hydrogens is 220 g/mol. The molecule has 1 fully saturated rings. The van der Waals surface area contributed by atoms with Gasteiger partial charge < -0.3 is 10.6 Å². The molecule has 1 atom stereocenters. The number of rotatable bonds is 2. The third kappa shape index (κ3) is 2.07. The lowest BCUT2D eigenvalue weighted by molar-refractivity contribution is -0.120. The van der Waals surface area contributed by atoms with E-state index < -0.39 is 0 Å². The minimum Gasteiger partial charge on any atom is -0.347 e. The number of carbonyl (C=O) groups is 1. The van der Waals surface area contributed by atoms with Crippen LogP contribution in [0.15, 0.2) is 24.3 Å². The van der Waals surface area contributed by atoms with Gasteiger partial charge in [0.05, 0.1) is 0 Å². The van der Waals surface area contributed by atoms with Gasteiger partial charge in [0.1, 0.15) is 6.04 Å². The van der Waals surface area contributed by atoms with Crippen molar-refractivity contribution in [2.24, 2.45) is 0 Å². The summed E-state index contributed by atoms with van der Waals surface area (Å²) in [6.07, 6.45) is 0. The van der Waals surface area contributed by atoms with Crippen LogP contribution in [0.25, 0.3) is 0 Å². The first kappa shape index (κ1) is 11.1. The molecule has 1 unspecified atom stereocenters. The molecule has 1 aliphatic heterocycles. The van der Waals surface area contributed by atoms with E-state index in [0.29, 0.717) is 11.0 Å². The highest BCUT2D eigenvalue weighted by Crippen LogP contribution is 2.20. The molecule has 0 radical (unpaired) electrons. The number of benzene rings is 1. The van der Waals surface area contributed by atoms with Crippen molar-refractivity contribution < 1.29 is 4.79 Å². The summed E-state index contributed by atoms with van der Waals surface area (Å²) in [5, 5.41) is 5.93. The number of amides is 1. The molecule has 2 N–H and O–H groups in total. The van der Waals surface area contributed by atoms with Crippen LogP contribution in [0.4, 0.5) is 0 Å². The number of hydrogen-bond donors (Lipinski definition) is 2. The van der Waals surface area contributed by atoms with Crippen LogP contribution in [-0.2, 0) is 4.79 Å². The molecule has 2 rings (SSSR count). The van der Waals surface area contributed by atoms with Crippen LogP contribution in [0.3, 0.4) is 0 Å². The Balaban J connectivity index is 2.22. The molecule has 1 saturated heterocycles. The molecule has 0 bridgehead atoms. The zero-order chi connectivity index (χ0) is 11.7. The Bertz CT molecular complexity index is 425. The van der Waals surface area contributed by atoms with E-state index in [0.717, 1.165) is 5.56 Å². The van der Waals surface area contributed by atoms with Crippen LogP contribution in [0, 0.1) is 0 Å². The van der Waals surface area contributed by atoms with Crippen LogP contribution in [-0.4, -0.2) is 11.0 Å². The van der Waals surface area contributed by atoms with Crippen molar-refractivity contribution in [2.75, 3.05) is 0 Å². The minimum atomic E-state index is -0.339. The summed E-state index contributed by atoms with van der Waals surface area (Å²) in [5.74, 6) is 0.419. The van der Waals surface area contributed by atoms with Crippen molar-refractivity contribution in [1.82, 2.24) is 10.6 Å². The molecule has 0 aliphatic carbocycles. The summed E-state index contributed by atoms with van der Waals surface area (Å²) >= 11 is 4.90. The van der Waals surface area contributed by atoms with Gasteiger partial charge in [-0.25, -0.2) is 0 Å². The summed E-state index contributed by atoms with van der Waals surface area (Å²) in [5.41, 5.74) is 2.21. The van der Waals surface area contributed by atoms with Gasteiger partial charge in [-0.3, -0.25) is 4.79 Å². The molecule has 1 aromatic carbocycles. The van der Waals surface area contributed by atoms with Gasteiger partial charge in [-0.15, -0.1) is 0 Å². The first-order chi connectivity index (χ1) is 7.58. The predicted octanol–water partition coefficient (Wildman–Crippen LogP) is 1.86. The van der Waals surface area contributed by atoms with Gasteiger partial charge in [-0.05, 0) is 29.3 Å². The fourth-order valence-corrected chi connectivity index (χ4v) is 1.94. The number of hydrogen-bond acceptors (Lipinski definition) is 2. The van der Waals surface area contributed by atoms with E-state index in [1.807, 2.05) is 12.1 Å². The molecule has 1 heterocycles. The average Bonchev–Trinajstić information content (AvgIpc) is 2.58. The predicted molar refractivity (Wildman–Crippen MR) is 67.1 cm³/mol. The first-order valence-electron chi connectivity index (χ1n) is 5.29. The molecule has 1 aromatic rings. The molecule has 3 nitrogen and oxygen atoms in total. The Morgan fingerprint density at radius 3 is 2.31 bits per heavy atom. The fourth-order valence-electron chi connectivity index (χ4n) is 1.72. The lowest BCUT2D eigenvalue weighted by Crippen LogP contribution is -2.21. The zero-order valence-corrected chi connectivity index (χ0v) is 10.1. The van der Waals surface area contributed by atoms with E-state index >= 15 is 0 Å². The highest BCUT2D eigenvalue weighted by atomic mass is 32.1. The van der Waals surface area contributed by atoms with Crippen molar-refractivity contribution >= 4 is 23.2 Å². The molecule has 0 spiro atoms. The number of carbonyl (C=O) groups excluding carboxylic acids is 1. The van der Waals surface area contributed by atoms with Crippen LogP contribution >= 0.6 is 12.2 Å². The molecule has 16 heavy (non-hydrogen) atoms.